The lowest BCUT2D eigenvalue weighted by molar-refractivity contribution is -0.113. The van der Waals surface area contributed by atoms with Crippen LogP contribution < -0.4 is 0 Å². The molecule has 0 fully saturated rings. The minimum atomic E-state index is -0.159. The van der Waals surface area contributed by atoms with E-state index in [0.29, 0.717) is 5.75 Å². The molecule has 0 saturated heterocycles. The fraction of sp³-hybridized carbons (Fsp3) is 0.556. The van der Waals surface area contributed by atoms with Crippen molar-refractivity contribution in [2.45, 2.75) is 53.4 Å². The van der Waals surface area contributed by atoms with Gasteiger partial charge in [0.1, 0.15) is 0 Å². The quantitative estimate of drug-likeness (QED) is 0.177. The van der Waals surface area contributed by atoms with E-state index in [-0.39, 0.29) is 5.78 Å². The summed E-state index contributed by atoms with van der Waals surface area (Å²) in [5.41, 5.74) is 12.4. The second-order valence-corrected chi connectivity index (χ2v) is 6.72. The number of hydrogen-bond acceptors (Lipinski definition) is 2. The van der Waals surface area contributed by atoms with Gasteiger partial charge in [0.2, 0.25) is 5.78 Å². The number of rotatable bonds is 11. The molecule has 0 radical (unpaired) electrons. The Morgan fingerprint density at radius 1 is 1.00 bits per heavy atom. The molecule has 0 saturated carbocycles. The van der Waals surface area contributed by atoms with Crippen LogP contribution in [-0.2, 0) is 4.79 Å². The molecule has 0 aromatic rings. The number of thioether (sulfide) groups is 1. The van der Waals surface area contributed by atoms with E-state index in [2.05, 4.69) is 50.7 Å². The molecular weight excluding hydrogens is 292 g/mol. The highest BCUT2D eigenvalue weighted by Gasteiger charge is 2.01. The van der Waals surface area contributed by atoms with Crippen LogP contribution in [0.1, 0.15) is 53.4 Å². The van der Waals surface area contributed by atoms with Crippen LogP contribution in [0.2, 0.25) is 0 Å². The molecule has 0 aliphatic heterocycles. The molecule has 122 valence electrons. The normalized spacial score (nSPS) is 11.8. The van der Waals surface area contributed by atoms with E-state index in [1.54, 1.807) is 0 Å². The first-order chi connectivity index (χ1) is 10.5. The zero-order valence-electron chi connectivity index (χ0n) is 14.3. The van der Waals surface area contributed by atoms with Crippen molar-refractivity contribution in [3.63, 3.8) is 0 Å². The average Bonchev–Trinajstić information content (AvgIpc) is 2.43. The Morgan fingerprint density at radius 2 is 1.59 bits per heavy atom. The molecule has 0 aliphatic rings. The highest BCUT2D eigenvalue weighted by molar-refractivity contribution is 8.00. The summed E-state index contributed by atoms with van der Waals surface area (Å²) in [6, 6.07) is 0. The predicted octanol–water partition coefficient (Wildman–Crippen LogP) is 5.01. The summed E-state index contributed by atoms with van der Waals surface area (Å²) in [5, 5.41) is 0. The molecule has 0 aromatic heterocycles. The third kappa shape index (κ3) is 13.6. The average molecular weight is 321 g/mol. The van der Waals surface area contributed by atoms with Gasteiger partial charge in [-0.2, -0.15) is 4.79 Å². The molecule has 4 heteroatoms. The van der Waals surface area contributed by atoms with Crippen LogP contribution in [0.15, 0.2) is 34.9 Å². The molecule has 0 heterocycles. The number of ketones is 1. The van der Waals surface area contributed by atoms with Crippen LogP contribution in [0.3, 0.4) is 0 Å². The highest BCUT2D eigenvalue weighted by atomic mass is 32.2. The van der Waals surface area contributed by atoms with Crippen molar-refractivity contribution in [1.29, 1.82) is 0 Å². The van der Waals surface area contributed by atoms with Crippen LogP contribution in [-0.4, -0.2) is 28.3 Å². The summed E-state index contributed by atoms with van der Waals surface area (Å²) in [4.78, 5) is 13.8. The Bertz CT molecular complexity index is 479. The van der Waals surface area contributed by atoms with Crippen LogP contribution in [0, 0.1) is 0 Å². The summed E-state index contributed by atoms with van der Waals surface area (Å²) in [6.07, 6.45) is 12.1. The molecule has 3 nitrogen and oxygen atoms in total. The minimum Gasteiger partial charge on any atom is -0.361 e. The zero-order valence-corrected chi connectivity index (χ0v) is 15.1. The third-order valence-electron chi connectivity index (χ3n) is 3.12. The second kappa shape index (κ2) is 13.3. The lowest BCUT2D eigenvalue weighted by Gasteiger charge is -2.01. The zero-order chi connectivity index (χ0) is 16.8. The van der Waals surface area contributed by atoms with Crippen LogP contribution in [0.5, 0.6) is 0 Å². The Kier molecular flexibility index (Phi) is 12.5. The van der Waals surface area contributed by atoms with Gasteiger partial charge in [0.15, 0.2) is 0 Å². The predicted molar refractivity (Wildman–Crippen MR) is 97.4 cm³/mol. The van der Waals surface area contributed by atoms with Gasteiger partial charge in [0, 0.05) is 5.75 Å². The SMILES string of the molecule is CC(C)=CCC/C(C)=C/CC/C(C)=C/CSCC(=O)C=[N+]=[N-]. The molecule has 0 amide bonds. The van der Waals surface area contributed by atoms with E-state index < -0.39 is 0 Å². The highest BCUT2D eigenvalue weighted by Crippen LogP contribution is 2.12. The molecular formula is C18H28N2OS. The fourth-order valence-corrected chi connectivity index (χ4v) is 2.60. The largest absolute Gasteiger partial charge is 0.361 e. The van der Waals surface area contributed by atoms with Gasteiger partial charge in [-0.25, -0.2) is 0 Å². The number of hydrogen-bond donors (Lipinski definition) is 0. The summed E-state index contributed by atoms with van der Waals surface area (Å²) in [7, 11) is 0. The Morgan fingerprint density at radius 3 is 2.18 bits per heavy atom. The summed E-state index contributed by atoms with van der Waals surface area (Å²) < 4.78 is 0. The van der Waals surface area contributed by atoms with Gasteiger partial charge < -0.3 is 5.53 Å². The van der Waals surface area contributed by atoms with Crippen molar-refractivity contribution >= 4 is 23.8 Å². The maximum absolute atomic E-state index is 11.1. The lowest BCUT2D eigenvalue weighted by atomic mass is 10.1. The first kappa shape index (κ1) is 20.6. The molecule has 0 atom stereocenters. The molecule has 0 aromatic carbocycles. The van der Waals surface area contributed by atoms with Gasteiger partial charge in [-0.1, -0.05) is 34.9 Å². The molecule has 0 spiro atoms. The smallest absolute Gasteiger partial charge is 0.324 e. The third-order valence-corrected chi connectivity index (χ3v) is 4.01. The van der Waals surface area contributed by atoms with Crippen LogP contribution in [0.4, 0.5) is 0 Å². The standard InChI is InChI=1S/C18H28N2OS/c1-15(2)7-5-8-16(3)9-6-10-17(4)11-12-22-14-18(21)13-20-19/h7,9,11,13H,5-6,8,10,12,14H2,1-4H3/b16-9+,17-11+. The molecule has 0 unspecified atom stereocenters. The monoisotopic (exact) mass is 320 g/mol. The summed E-state index contributed by atoms with van der Waals surface area (Å²) >= 11 is 1.53. The van der Waals surface area contributed by atoms with Crippen molar-refractivity contribution in [2.24, 2.45) is 0 Å². The van der Waals surface area contributed by atoms with E-state index in [0.717, 1.165) is 37.7 Å². The first-order valence-corrected chi connectivity index (χ1v) is 8.83. The molecule has 0 aliphatic carbocycles. The number of carbonyl (C=O) groups is 1. The van der Waals surface area contributed by atoms with Crippen molar-refractivity contribution in [3.05, 3.63) is 40.5 Å². The Labute approximate surface area is 139 Å². The van der Waals surface area contributed by atoms with Gasteiger partial charge in [0.05, 0.1) is 5.75 Å². The maximum Gasteiger partial charge on any atom is 0.324 e. The van der Waals surface area contributed by atoms with Gasteiger partial charge >= 0.3 is 6.21 Å². The van der Waals surface area contributed by atoms with Crippen molar-refractivity contribution in [3.8, 4) is 0 Å². The Hall–Kier alpha value is -1.38. The minimum absolute atomic E-state index is 0.159. The number of Topliss-reactive ketones (excluding diaryl/α,β-unsaturated/α-hetero) is 1. The first-order valence-electron chi connectivity index (χ1n) is 7.68. The van der Waals surface area contributed by atoms with E-state index >= 15 is 0 Å². The van der Waals surface area contributed by atoms with E-state index in [1.807, 2.05) is 0 Å². The van der Waals surface area contributed by atoms with Crippen molar-refractivity contribution in [1.82, 2.24) is 0 Å². The summed E-state index contributed by atoms with van der Waals surface area (Å²) in [6.45, 7) is 8.59. The number of carbonyl (C=O) groups excluding carboxylic acids is 1. The second-order valence-electron chi connectivity index (χ2n) is 5.69. The maximum atomic E-state index is 11.1. The molecule has 0 N–H and O–H groups in total. The van der Waals surface area contributed by atoms with Crippen molar-refractivity contribution < 1.29 is 9.58 Å². The number of allylic oxidation sites excluding steroid dienone is 5. The van der Waals surface area contributed by atoms with Gasteiger partial charge in [-0.05, 0) is 53.4 Å². The Balaban J connectivity index is 3.89. The molecule has 0 rings (SSSR count). The summed E-state index contributed by atoms with van der Waals surface area (Å²) in [5.74, 6) is 1.02. The van der Waals surface area contributed by atoms with E-state index in [9.17, 15) is 4.79 Å². The molecule has 22 heavy (non-hydrogen) atoms. The fourth-order valence-electron chi connectivity index (χ4n) is 1.80. The molecule has 0 bridgehead atoms. The number of nitrogens with zero attached hydrogens (tertiary/aromatic N) is 2. The van der Waals surface area contributed by atoms with E-state index in [1.165, 1.54) is 28.5 Å². The van der Waals surface area contributed by atoms with Crippen LogP contribution in [0.25, 0.3) is 5.53 Å². The van der Waals surface area contributed by atoms with Gasteiger partial charge in [-0.15, -0.1) is 11.8 Å². The van der Waals surface area contributed by atoms with Gasteiger partial charge in [0.25, 0.3) is 0 Å². The lowest BCUT2D eigenvalue weighted by Crippen LogP contribution is -2.03. The van der Waals surface area contributed by atoms with E-state index in [4.69, 9.17) is 5.53 Å². The van der Waals surface area contributed by atoms with Gasteiger partial charge in [-0.3, -0.25) is 4.79 Å². The van der Waals surface area contributed by atoms with Crippen LogP contribution >= 0.6 is 11.8 Å². The van der Waals surface area contributed by atoms with Crippen molar-refractivity contribution in [2.75, 3.05) is 11.5 Å². The topological polar surface area (TPSA) is 53.5 Å².